The number of hydrogen-bond acceptors (Lipinski definition) is 3. The van der Waals surface area contributed by atoms with Crippen molar-refractivity contribution in [1.29, 1.82) is 0 Å². The lowest BCUT2D eigenvalue weighted by atomic mass is 10.1. The first-order valence-corrected chi connectivity index (χ1v) is 4.60. The van der Waals surface area contributed by atoms with Gasteiger partial charge in [0.15, 0.2) is 0 Å². The van der Waals surface area contributed by atoms with Crippen molar-refractivity contribution in [2.24, 2.45) is 5.92 Å². The van der Waals surface area contributed by atoms with Gasteiger partial charge >= 0.3 is 0 Å². The van der Waals surface area contributed by atoms with E-state index in [2.05, 4.69) is 4.98 Å². The number of ether oxygens (including phenoxy) is 1. The predicted molar refractivity (Wildman–Crippen MR) is 48.4 cm³/mol. The highest BCUT2D eigenvalue weighted by atomic mass is 19.1. The summed E-state index contributed by atoms with van der Waals surface area (Å²) in [5, 5.41) is 9.82. The van der Waals surface area contributed by atoms with Crippen LogP contribution in [0.5, 0.6) is 5.75 Å². The van der Waals surface area contributed by atoms with Crippen molar-refractivity contribution in [3.63, 3.8) is 0 Å². The fraction of sp³-hybridized carbons (Fsp3) is 0.500. The number of hydrogen-bond donors (Lipinski definition) is 1. The normalized spacial score (nSPS) is 17.9. The molecule has 2 rings (SSSR count). The van der Waals surface area contributed by atoms with Crippen molar-refractivity contribution in [3.05, 3.63) is 23.8 Å². The first kappa shape index (κ1) is 9.40. The number of halogens is 1. The van der Waals surface area contributed by atoms with Gasteiger partial charge in [-0.3, -0.25) is 0 Å². The highest BCUT2D eigenvalue weighted by molar-refractivity contribution is 5.33. The Kier molecular flexibility index (Phi) is 2.37. The van der Waals surface area contributed by atoms with E-state index < -0.39 is 12.1 Å². The molecule has 0 bridgehead atoms. The molecule has 1 heterocycles. The van der Waals surface area contributed by atoms with Crippen LogP contribution in [0.25, 0.3) is 0 Å². The summed E-state index contributed by atoms with van der Waals surface area (Å²) in [5.74, 6) is 0.122. The molecule has 1 unspecified atom stereocenters. The number of aliphatic hydroxyl groups is 1. The summed E-state index contributed by atoms with van der Waals surface area (Å²) in [6.45, 7) is 0. The highest BCUT2D eigenvalue weighted by Crippen LogP contribution is 2.43. The highest BCUT2D eigenvalue weighted by Gasteiger charge is 2.32. The van der Waals surface area contributed by atoms with Crippen molar-refractivity contribution >= 4 is 0 Å². The summed E-state index contributed by atoms with van der Waals surface area (Å²) in [4.78, 5) is 3.47. The summed E-state index contributed by atoms with van der Waals surface area (Å²) < 4.78 is 17.9. The summed E-state index contributed by atoms with van der Waals surface area (Å²) in [7, 11) is 1.48. The molecule has 1 aliphatic carbocycles. The zero-order valence-electron chi connectivity index (χ0n) is 7.90. The maximum atomic E-state index is 12.8. The SMILES string of the molecule is COc1cnc(F)cc1C(O)C1CC1. The molecule has 0 aromatic carbocycles. The number of aliphatic hydroxyl groups excluding tert-OH is 1. The van der Waals surface area contributed by atoms with Gasteiger partial charge in [0.2, 0.25) is 5.95 Å². The monoisotopic (exact) mass is 197 g/mol. The lowest BCUT2D eigenvalue weighted by molar-refractivity contribution is 0.149. The van der Waals surface area contributed by atoms with Crippen LogP contribution < -0.4 is 4.74 Å². The molecule has 0 radical (unpaired) electrons. The molecule has 0 amide bonds. The van der Waals surface area contributed by atoms with E-state index in [9.17, 15) is 9.50 Å². The molecule has 0 spiro atoms. The van der Waals surface area contributed by atoms with Gasteiger partial charge in [-0.05, 0) is 18.8 Å². The van der Waals surface area contributed by atoms with E-state index in [0.717, 1.165) is 12.8 Å². The Bertz CT molecular complexity index is 339. The Morgan fingerprint density at radius 3 is 2.93 bits per heavy atom. The van der Waals surface area contributed by atoms with Crippen LogP contribution in [0.2, 0.25) is 0 Å². The second kappa shape index (κ2) is 3.53. The van der Waals surface area contributed by atoms with Gasteiger partial charge in [-0.2, -0.15) is 4.39 Å². The lowest BCUT2D eigenvalue weighted by Crippen LogP contribution is -2.04. The van der Waals surface area contributed by atoms with Gasteiger partial charge in [-0.1, -0.05) is 0 Å². The Morgan fingerprint density at radius 1 is 1.64 bits per heavy atom. The number of nitrogens with zero attached hydrogens (tertiary/aromatic N) is 1. The quantitative estimate of drug-likeness (QED) is 0.749. The van der Waals surface area contributed by atoms with Gasteiger partial charge in [-0.15, -0.1) is 0 Å². The average molecular weight is 197 g/mol. The number of methoxy groups -OCH3 is 1. The molecule has 1 aromatic heterocycles. The molecule has 0 aliphatic heterocycles. The Hall–Kier alpha value is -1.16. The summed E-state index contributed by atoms with van der Waals surface area (Å²) in [6.07, 6.45) is 2.67. The van der Waals surface area contributed by atoms with Crippen molar-refractivity contribution in [1.82, 2.24) is 4.98 Å². The third-order valence-electron chi connectivity index (χ3n) is 2.47. The number of pyridine rings is 1. The Balaban J connectivity index is 2.32. The first-order chi connectivity index (χ1) is 6.72. The largest absolute Gasteiger partial charge is 0.495 e. The van der Waals surface area contributed by atoms with Gasteiger partial charge in [0.05, 0.1) is 19.4 Å². The van der Waals surface area contributed by atoms with E-state index in [-0.39, 0.29) is 5.92 Å². The van der Waals surface area contributed by atoms with Crippen LogP contribution in [0.4, 0.5) is 4.39 Å². The van der Waals surface area contributed by atoms with E-state index in [0.29, 0.717) is 11.3 Å². The molecule has 1 saturated carbocycles. The second-order valence-corrected chi connectivity index (χ2v) is 3.53. The summed E-state index contributed by atoms with van der Waals surface area (Å²) in [5.41, 5.74) is 0.502. The second-order valence-electron chi connectivity index (χ2n) is 3.53. The standard InChI is InChI=1S/C10H12FNO2/c1-14-8-5-12-9(11)4-7(8)10(13)6-2-3-6/h4-6,10,13H,2-3H2,1H3. The fourth-order valence-electron chi connectivity index (χ4n) is 1.50. The molecule has 1 N–H and O–H groups in total. The molecule has 14 heavy (non-hydrogen) atoms. The van der Waals surface area contributed by atoms with Crippen LogP contribution in [-0.2, 0) is 0 Å². The number of aromatic nitrogens is 1. The molecule has 3 nitrogen and oxygen atoms in total. The zero-order valence-corrected chi connectivity index (χ0v) is 7.90. The third kappa shape index (κ3) is 1.70. The molecule has 1 fully saturated rings. The smallest absolute Gasteiger partial charge is 0.213 e. The van der Waals surface area contributed by atoms with Gasteiger partial charge in [0, 0.05) is 11.6 Å². The minimum Gasteiger partial charge on any atom is -0.495 e. The Morgan fingerprint density at radius 2 is 2.36 bits per heavy atom. The van der Waals surface area contributed by atoms with Gasteiger partial charge < -0.3 is 9.84 Å². The molecular formula is C10H12FNO2. The van der Waals surface area contributed by atoms with E-state index in [1.165, 1.54) is 19.4 Å². The zero-order chi connectivity index (χ0) is 10.1. The van der Waals surface area contributed by atoms with Crippen molar-refractivity contribution in [2.45, 2.75) is 18.9 Å². The topological polar surface area (TPSA) is 42.4 Å². The number of rotatable bonds is 3. The van der Waals surface area contributed by atoms with Crippen LogP contribution >= 0.6 is 0 Å². The molecule has 4 heteroatoms. The van der Waals surface area contributed by atoms with Crippen LogP contribution in [0.15, 0.2) is 12.3 Å². The van der Waals surface area contributed by atoms with E-state index in [1.54, 1.807) is 0 Å². The molecule has 1 aliphatic rings. The van der Waals surface area contributed by atoms with Crippen LogP contribution in [0.1, 0.15) is 24.5 Å². The Labute approximate surface area is 81.5 Å². The third-order valence-corrected chi connectivity index (χ3v) is 2.47. The van der Waals surface area contributed by atoms with Gasteiger partial charge in [0.25, 0.3) is 0 Å². The van der Waals surface area contributed by atoms with Crippen molar-refractivity contribution in [2.75, 3.05) is 7.11 Å². The van der Waals surface area contributed by atoms with Crippen LogP contribution in [-0.4, -0.2) is 17.2 Å². The molecule has 76 valence electrons. The maximum absolute atomic E-state index is 12.8. The van der Waals surface area contributed by atoms with Crippen molar-refractivity contribution in [3.8, 4) is 5.75 Å². The fourth-order valence-corrected chi connectivity index (χ4v) is 1.50. The average Bonchev–Trinajstić information content (AvgIpc) is 3.00. The maximum Gasteiger partial charge on any atom is 0.213 e. The van der Waals surface area contributed by atoms with E-state index in [4.69, 9.17) is 4.74 Å². The molecular weight excluding hydrogens is 185 g/mol. The van der Waals surface area contributed by atoms with Gasteiger partial charge in [0.1, 0.15) is 5.75 Å². The van der Waals surface area contributed by atoms with Gasteiger partial charge in [-0.25, -0.2) is 4.98 Å². The van der Waals surface area contributed by atoms with E-state index >= 15 is 0 Å². The summed E-state index contributed by atoms with van der Waals surface area (Å²) in [6, 6.07) is 1.24. The van der Waals surface area contributed by atoms with E-state index in [1.807, 2.05) is 0 Å². The molecule has 1 atom stereocenters. The van der Waals surface area contributed by atoms with Crippen LogP contribution in [0, 0.1) is 11.9 Å². The summed E-state index contributed by atoms with van der Waals surface area (Å²) >= 11 is 0. The minimum absolute atomic E-state index is 0.255. The minimum atomic E-state index is -0.623. The lowest BCUT2D eigenvalue weighted by Gasteiger charge is -2.13. The van der Waals surface area contributed by atoms with Crippen molar-refractivity contribution < 1.29 is 14.2 Å². The molecule has 0 saturated heterocycles. The first-order valence-electron chi connectivity index (χ1n) is 4.60. The molecule has 1 aromatic rings. The van der Waals surface area contributed by atoms with Crippen LogP contribution in [0.3, 0.4) is 0 Å². The predicted octanol–water partition coefficient (Wildman–Crippen LogP) is 1.67.